The Balaban J connectivity index is 1.91. The molecule has 0 saturated carbocycles. The first-order valence-corrected chi connectivity index (χ1v) is 9.14. The number of nitrogens with one attached hydrogen (secondary N) is 1. The van der Waals surface area contributed by atoms with Crippen molar-refractivity contribution in [2.24, 2.45) is 0 Å². The van der Waals surface area contributed by atoms with E-state index in [0.717, 1.165) is 28.2 Å². The van der Waals surface area contributed by atoms with Gasteiger partial charge in [-0.2, -0.15) is 0 Å². The Hall–Kier alpha value is -2.49. The van der Waals surface area contributed by atoms with Gasteiger partial charge in [0.15, 0.2) is 6.10 Å². The van der Waals surface area contributed by atoms with Gasteiger partial charge in [-0.1, -0.05) is 37.3 Å². The number of aryl methyl sites for hydroxylation is 2. The van der Waals surface area contributed by atoms with Crippen LogP contribution in [0.2, 0.25) is 0 Å². The predicted molar refractivity (Wildman–Crippen MR) is 105 cm³/mol. The molecule has 0 heterocycles. The molecule has 2 aromatic carbocycles. The summed E-state index contributed by atoms with van der Waals surface area (Å²) in [5.41, 5.74) is 3.29. The zero-order valence-electron chi connectivity index (χ0n) is 16.3. The van der Waals surface area contributed by atoms with Crippen molar-refractivity contribution in [3.63, 3.8) is 0 Å². The van der Waals surface area contributed by atoms with Gasteiger partial charge in [-0.3, -0.25) is 4.79 Å². The fourth-order valence-corrected chi connectivity index (χ4v) is 2.64. The van der Waals surface area contributed by atoms with E-state index >= 15 is 0 Å². The normalized spacial score (nSPS) is 13.0. The summed E-state index contributed by atoms with van der Waals surface area (Å²) in [7, 11) is 0. The Labute approximate surface area is 156 Å². The smallest absolute Gasteiger partial charge is 0.261 e. The summed E-state index contributed by atoms with van der Waals surface area (Å²) in [6.07, 6.45) is 0.0846. The van der Waals surface area contributed by atoms with Crippen LogP contribution in [-0.2, 0) is 4.79 Å². The predicted octanol–water partition coefficient (Wildman–Crippen LogP) is 4.35. The molecule has 0 aliphatic heterocycles. The van der Waals surface area contributed by atoms with Gasteiger partial charge in [-0.05, 0) is 62.9 Å². The highest BCUT2D eigenvalue weighted by atomic mass is 16.5. The lowest BCUT2D eigenvalue weighted by molar-refractivity contribution is -0.129. The van der Waals surface area contributed by atoms with Gasteiger partial charge in [0.05, 0.1) is 6.04 Å². The molecule has 0 aromatic heterocycles. The minimum Gasteiger partial charge on any atom is -0.491 e. The van der Waals surface area contributed by atoms with E-state index in [4.69, 9.17) is 9.47 Å². The first-order valence-electron chi connectivity index (χ1n) is 9.14. The maximum Gasteiger partial charge on any atom is 0.261 e. The summed E-state index contributed by atoms with van der Waals surface area (Å²) >= 11 is 0. The van der Waals surface area contributed by atoms with Crippen molar-refractivity contribution < 1.29 is 14.3 Å². The molecule has 2 atom stereocenters. The van der Waals surface area contributed by atoms with Crippen LogP contribution >= 0.6 is 0 Å². The molecule has 1 N–H and O–H groups in total. The molecule has 1 amide bonds. The largest absolute Gasteiger partial charge is 0.491 e. The van der Waals surface area contributed by atoms with Crippen molar-refractivity contribution >= 4 is 5.91 Å². The number of para-hydroxylation sites is 1. The molecule has 0 spiro atoms. The van der Waals surface area contributed by atoms with Crippen molar-refractivity contribution in [2.45, 2.75) is 53.2 Å². The van der Waals surface area contributed by atoms with Gasteiger partial charge in [-0.15, -0.1) is 0 Å². The highest BCUT2D eigenvalue weighted by Gasteiger charge is 2.21. The van der Waals surface area contributed by atoms with Gasteiger partial charge in [0.2, 0.25) is 0 Å². The second-order valence-corrected chi connectivity index (χ2v) is 6.70. The molecular weight excluding hydrogens is 326 g/mol. The quantitative estimate of drug-likeness (QED) is 0.766. The molecule has 0 saturated heterocycles. The van der Waals surface area contributed by atoms with E-state index in [-0.39, 0.29) is 11.9 Å². The highest BCUT2D eigenvalue weighted by molar-refractivity contribution is 5.81. The Kier molecular flexibility index (Phi) is 7.07. The molecule has 0 bridgehead atoms. The molecule has 2 rings (SSSR count). The summed E-state index contributed by atoms with van der Waals surface area (Å²) < 4.78 is 11.8. The third kappa shape index (κ3) is 5.25. The van der Waals surface area contributed by atoms with E-state index in [0.29, 0.717) is 13.0 Å². The van der Waals surface area contributed by atoms with Crippen LogP contribution < -0.4 is 14.8 Å². The van der Waals surface area contributed by atoms with Gasteiger partial charge in [0.25, 0.3) is 5.91 Å². The number of rotatable bonds is 8. The van der Waals surface area contributed by atoms with Gasteiger partial charge in [0, 0.05) is 0 Å². The van der Waals surface area contributed by atoms with E-state index in [1.165, 1.54) is 0 Å². The van der Waals surface area contributed by atoms with Crippen LogP contribution in [0.25, 0.3) is 0 Å². The first-order chi connectivity index (χ1) is 12.4. The van der Waals surface area contributed by atoms with Crippen molar-refractivity contribution in [3.05, 3.63) is 59.2 Å². The summed E-state index contributed by atoms with van der Waals surface area (Å²) in [5.74, 6) is 1.48. The van der Waals surface area contributed by atoms with Crippen LogP contribution in [0.4, 0.5) is 0 Å². The number of hydrogen-bond acceptors (Lipinski definition) is 3. The molecule has 140 valence electrons. The van der Waals surface area contributed by atoms with Crippen LogP contribution in [0.1, 0.15) is 37.0 Å². The molecule has 26 heavy (non-hydrogen) atoms. The van der Waals surface area contributed by atoms with Gasteiger partial charge >= 0.3 is 0 Å². The summed E-state index contributed by atoms with van der Waals surface area (Å²) in [5, 5.41) is 2.99. The zero-order chi connectivity index (χ0) is 19.1. The maximum absolute atomic E-state index is 12.6. The van der Waals surface area contributed by atoms with E-state index in [9.17, 15) is 4.79 Å². The Bertz CT molecular complexity index is 742. The SMILES string of the molecule is CC[C@H](Oc1cccc(C)c1C)C(=O)N[C@H](C)COc1ccccc1C. The lowest BCUT2D eigenvalue weighted by Crippen LogP contribution is -2.44. The van der Waals surface area contributed by atoms with Crippen molar-refractivity contribution in [3.8, 4) is 11.5 Å². The fraction of sp³-hybridized carbons (Fsp3) is 0.409. The third-order valence-electron chi connectivity index (χ3n) is 4.46. The van der Waals surface area contributed by atoms with Gasteiger partial charge in [0.1, 0.15) is 18.1 Å². The van der Waals surface area contributed by atoms with E-state index in [2.05, 4.69) is 5.32 Å². The van der Waals surface area contributed by atoms with Crippen LogP contribution in [0.5, 0.6) is 11.5 Å². The van der Waals surface area contributed by atoms with Crippen LogP contribution in [0.15, 0.2) is 42.5 Å². The molecule has 2 aromatic rings. The van der Waals surface area contributed by atoms with E-state index in [1.807, 2.05) is 77.1 Å². The Morgan fingerprint density at radius 3 is 2.35 bits per heavy atom. The van der Waals surface area contributed by atoms with Crippen LogP contribution in [-0.4, -0.2) is 24.7 Å². The third-order valence-corrected chi connectivity index (χ3v) is 4.46. The number of hydrogen-bond donors (Lipinski definition) is 1. The monoisotopic (exact) mass is 355 g/mol. The zero-order valence-corrected chi connectivity index (χ0v) is 16.3. The number of amides is 1. The minimum atomic E-state index is -0.517. The molecule has 0 fully saturated rings. The van der Waals surface area contributed by atoms with E-state index < -0.39 is 6.10 Å². The summed E-state index contributed by atoms with van der Waals surface area (Å²) in [6, 6.07) is 13.6. The van der Waals surface area contributed by atoms with E-state index in [1.54, 1.807) is 0 Å². The molecular formula is C22H29NO3. The van der Waals surface area contributed by atoms with Crippen LogP contribution in [0, 0.1) is 20.8 Å². The Morgan fingerprint density at radius 1 is 1.00 bits per heavy atom. The average Bonchev–Trinajstić information content (AvgIpc) is 2.62. The standard InChI is InChI=1S/C22H29NO3/c1-6-19(26-21-13-9-11-15(2)18(21)5)22(24)23-17(4)14-25-20-12-8-7-10-16(20)3/h7-13,17,19H,6,14H2,1-5H3,(H,23,24)/t17-,19+/m1/s1. The molecule has 0 unspecified atom stereocenters. The number of ether oxygens (including phenoxy) is 2. The number of benzene rings is 2. The molecule has 4 heteroatoms. The topological polar surface area (TPSA) is 47.6 Å². The number of carbonyl (C=O) groups excluding carboxylic acids is 1. The lowest BCUT2D eigenvalue weighted by atomic mass is 10.1. The fourth-order valence-electron chi connectivity index (χ4n) is 2.64. The first kappa shape index (κ1) is 19.8. The van der Waals surface area contributed by atoms with Crippen LogP contribution in [0.3, 0.4) is 0 Å². The van der Waals surface area contributed by atoms with Crippen molar-refractivity contribution in [1.82, 2.24) is 5.32 Å². The number of carbonyl (C=O) groups is 1. The van der Waals surface area contributed by atoms with Crippen molar-refractivity contribution in [2.75, 3.05) is 6.61 Å². The molecule has 0 aliphatic carbocycles. The highest BCUT2D eigenvalue weighted by Crippen LogP contribution is 2.22. The average molecular weight is 355 g/mol. The summed E-state index contributed by atoms with van der Waals surface area (Å²) in [4.78, 5) is 12.6. The lowest BCUT2D eigenvalue weighted by Gasteiger charge is -2.22. The maximum atomic E-state index is 12.6. The second-order valence-electron chi connectivity index (χ2n) is 6.70. The Morgan fingerprint density at radius 2 is 1.65 bits per heavy atom. The van der Waals surface area contributed by atoms with Gasteiger partial charge < -0.3 is 14.8 Å². The minimum absolute atomic E-state index is 0.113. The molecule has 0 aliphatic rings. The summed E-state index contributed by atoms with van der Waals surface area (Å²) in [6.45, 7) is 10.3. The van der Waals surface area contributed by atoms with Gasteiger partial charge in [-0.25, -0.2) is 0 Å². The molecule has 0 radical (unpaired) electrons. The second kappa shape index (κ2) is 9.27. The van der Waals surface area contributed by atoms with Crippen molar-refractivity contribution in [1.29, 1.82) is 0 Å². The molecule has 4 nitrogen and oxygen atoms in total.